The Hall–Kier alpha value is -3.25. The van der Waals surface area contributed by atoms with E-state index >= 15 is 0 Å². The maximum Gasteiger partial charge on any atom is 0.185 e. The lowest BCUT2D eigenvalue weighted by atomic mass is 9.83. The van der Waals surface area contributed by atoms with Crippen LogP contribution in [0.4, 0.5) is 0 Å². The number of aromatic hydroxyl groups is 1. The topological polar surface area (TPSA) is 80.4 Å². The third kappa shape index (κ3) is 3.27. The summed E-state index contributed by atoms with van der Waals surface area (Å²) in [6, 6.07) is 14.8. The van der Waals surface area contributed by atoms with Gasteiger partial charge in [0.25, 0.3) is 0 Å². The van der Waals surface area contributed by atoms with Crippen LogP contribution in [0.25, 0.3) is 16.8 Å². The number of phenols is 1. The van der Waals surface area contributed by atoms with E-state index in [1.54, 1.807) is 16.6 Å². The maximum atomic E-state index is 12.9. The van der Waals surface area contributed by atoms with Crippen LogP contribution in [-0.2, 0) is 6.42 Å². The summed E-state index contributed by atoms with van der Waals surface area (Å²) in [5.41, 5.74) is 5.12. The number of ketones is 1. The molecule has 0 radical (unpaired) electrons. The van der Waals surface area contributed by atoms with Gasteiger partial charge in [0, 0.05) is 17.4 Å². The van der Waals surface area contributed by atoms with Gasteiger partial charge >= 0.3 is 0 Å². The van der Waals surface area contributed by atoms with Crippen molar-refractivity contribution in [3.63, 3.8) is 0 Å². The number of nitrogens with zero attached hydrogens (tertiary/aromatic N) is 4. The van der Waals surface area contributed by atoms with Crippen molar-refractivity contribution in [3.05, 3.63) is 76.2 Å². The zero-order valence-electron chi connectivity index (χ0n) is 17.2. The molecule has 0 saturated heterocycles. The van der Waals surface area contributed by atoms with Crippen molar-refractivity contribution in [1.29, 1.82) is 0 Å². The molecule has 31 heavy (non-hydrogen) atoms. The fraction of sp³-hybridized carbons (Fsp3) is 0.250. The first kappa shape index (κ1) is 19.7. The molecule has 2 heterocycles. The van der Waals surface area contributed by atoms with Crippen LogP contribution in [-0.4, -0.2) is 30.7 Å². The lowest BCUT2D eigenvalue weighted by molar-refractivity contribution is 0.0955. The minimum Gasteiger partial charge on any atom is -0.508 e. The molecule has 0 amide bonds. The van der Waals surface area contributed by atoms with E-state index in [0.717, 1.165) is 28.1 Å². The number of benzene rings is 2. The van der Waals surface area contributed by atoms with Crippen LogP contribution in [0.5, 0.6) is 5.75 Å². The molecule has 4 aromatic rings. The zero-order valence-corrected chi connectivity index (χ0v) is 18.0. The molecule has 5 rings (SSSR count). The summed E-state index contributed by atoms with van der Waals surface area (Å²) in [5, 5.41) is 24.5. The van der Waals surface area contributed by atoms with Crippen LogP contribution in [0.2, 0.25) is 5.02 Å². The number of fused-ring (bicyclic) bond motifs is 3. The van der Waals surface area contributed by atoms with E-state index in [0.29, 0.717) is 22.8 Å². The van der Waals surface area contributed by atoms with E-state index in [1.807, 2.05) is 36.4 Å². The van der Waals surface area contributed by atoms with Gasteiger partial charge in [-0.1, -0.05) is 55.8 Å². The highest BCUT2D eigenvalue weighted by molar-refractivity contribution is 6.30. The number of carbonyl (C=O) groups excluding carboxylic acids is 1. The third-order valence-corrected chi connectivity index (χ3v) is 6.07. The van der Waals surface area contributed by atoms with Crippen molar-refractivity contribution in [2.45, 2.75) is 38.5 Å². The van der Waals surface area contributed by atoms with Crippen LogP contribution in [0.1, 0.15) is 59.5 Å². The summed E-state index contributed by atoms with van der Waals surface area (Å²) in [6.07, 6.45) is 0.823. The van der Waals surface area contributed by atoms with Crippen LogP contribution >= 0.6 is 11.6 Å². The first-order chi connectivity index (χ1) is 14.9. The van der Waals surface area contributed by atoms with Gasteiger partial charge in [-0.15, -0.1) is 10.2 Å². The number of Topliss-reactive ketones (excluding diaryl/α,β-unsaturated/α-hetero) is 1. The SMILES string of the molecule is CC(C)c1nn2c3c(nnc2c1-c1cccc(Cl)c1)C(=O)CC(c1ccccc1O)C3. The molecule has 6 nitrogen and oxygen atoms in total. The van der Waals surface area contributed by atoms with Gasteiger partial charge in [0.15, 0.2) is 17.1 Å². The van der Waals surface area contributed by atoms with Gasteiger partial charge in [-0.25, -0.2) is 4.52 Å². The highest BCUT2D eigenvalue weighted by Gasteiger charge is 2.33. The molecule has 1 aliphatic rings. The molecule has 0 bridgehead atoms. The summed E-state index contributed by atoms with van der Waals surface area (Å²) in [5.74, 6) is 0.106. The summed E-state index contributed by atoms with van der Waals surface area (Å²) < 4.78 is 1.76. The van der Waals surface area contributed by atoms with Gasteiger partial charge in [0.05, 0.1) is 17.0 Å². The van der Waals surface area contributed by atoms with Gasteiger partial charge in [-0.3, -0.25) is 4.79 Å². The fourth-order valence-electron chi connectivity index (χ4n) is 4.37. The Kier molecular flexibility index (Phi) is 4.74. The van der Waals surface area contributed by atoms with Crippen molar-refractivity contribution in [2.24, 2.45) is 0 Å². The van der Waals surface area contributed by atoms with E-state index in [1.165, 1.54) is 0 Å². The fourth-order valence-corrected chi connectivity index (χ4v) is 4.56. The molecule has 0 spiro atoms. The molecule has 2 aromatic carbocycles. The molecule has 2 aromatic heterocycles. The number of phenolic OH excluding ortho intramolecular Hbond substituents is 1. The number of para-hydroxylation sites is 1. The first-order valence-corrected chi connectivity index (χ1v) is 10.7. The normalized spacial score (nSPS) is 16.1. The lowest BCUT2D eigenvalue weighted by Gasteiger charge is -2.23. The number of aromatic nitrogens is 4. The van der Waals surface area contributed by atoms with Crippen molar-refractivity contribution in [3.8, 4) is 16.9 Å². The maximum absolute atomic E-state index is 12.9. The van der Waals surface area contributed by atoms with Gasteiger partial charge < -0.3 is 5.11 Å². The first-order valence-electron chi connectivity index (χ1n) is 10.3. The van der Waals surface area contributed by atoms with Gasteiger partial charge in [0.1, 0.15) is 5.75 Å². The standard InChI is InChI=1S/C24H21ClN4O2/c1-13(2)22-21(14-6-5-7-16(25)10-14)24-27-26-23-18(29(24)28-22)11-15(12-20(23)31)17-8-3-4-9-19(17)30/h3-10,13,15,30H,11-12H2,1-2H3. The second kappa shape index (κ2) is 7.46. The largest absolute Gasteiger partial charge is 0.508 e. The summed E-state index contributed by atoms with van der Waals surface area (Å²) >= 11 is 6.25. The Labute approximate surface area is 184 Å². The Morgan fingerprint density at radius 3 is 2.65 bits per heavy atom. The van der Waals surface area contributed by atoms with Crippen LogP contribution in [0, 0.1) is 0 Å². The van der Waals surface area contributed by atoms with Crippen molar-refractivity contribution >= 4 is 23.0 Å². The molecule has 156 valence electrons. The smallest absolute Gasteiger partial charge is 0.185 e. The molecule has 7 heteroatoms. The Morgan fingerprint density at radius 1 is 1.10 bits per heavy atom. The summed E-state index contributed by atoms with van der Waals surface area (Å²) in [6.45, 7) is 4.15. The number of rotatable bonds is 3. The van der Waals surface area contributed by atoms with Crippen LogP contribution in [0.15, 0.2) is 48.5 Å². The molecule has 0 saturated carbocycles. The summed E-state index contributed by atoms with van der Waals surface area (Å²) in [4.78, 5) is 12.9. The van der Waals surface area contributed by atoms with Gasteiger partial charge in [0.2, 0.25) is 0 Å². The second-order valence-corrected chi connectivity index (χ2v) is 8.68. The molecule has 1 atom stereocenters. The molecule has 1 aliphatic carbocycles. The molecule has 0 aliphatic heterocycles. The number of halogens is 1. The minimum atomic E-state index is -0.144. The average molecular weight is 433 g/mol. The zero-order chi connectivity index (χ0) is 21.7. The molecule has 1 unspecified atom stereocenters. The average Bonchev–Trinajstić information content (AvgIpc) is 3.14. The van der Waals surface area contributed by atoms with E-state index in [2.05, 4.69) is 24.0 Å². The van der Waals surface area contributed by atoms with E-state index in [4.69, 9.17) is 16.7 Å². The van der Waals surface area contributed by atoms with Gasteiger partial charge in [-0.05, 0) is 41.7 Å². The second-order valence-electron chi connectivity index (χ2n) is 8.24. The summed E-state index contributed by atoms with van der Waals surface area (Å²) in [7, 11) is 0. The number of hydrogen-bond donors (Lipinski definition) is 1. The molecular weight excluding hydrogens is 412 g/mol. The molecular formula is C24H21ClN4O2. The van der Waals surface area contributed by atoms with Crippen LogP contribution in [0.3, 0.4) is 0 Å². The van der Waals surface area contributed by atoms with Crippen molar-refractivity contribution in [1.82, 2.24) is 19.8 Å². The highest BCUT2D eigenvalue weighted by Crippen LogP contribution is 2.38. The van der Waals surface area contributed by atoms with Gasteiger partial charge in [-0.2, -0.15) is 5.10 Å². The predicted molar refractivity (Wildman–Crippen MR) is 119 cm³/mol. The highest BCUT2D eigenvalue weighted by atomic mass is 35.5. The van der Waals surface area contributed by atoms with E-state index in [-0.39, 0.29) is 29.8 Å². The van der Waals surface area contributed by atoms with Crippen molar-refractivity contribution in [2.75, 3.05) is 0 Å². The Bertz CT molecular complexity index is 1330. The lowest BCUT2D eigenvalue weighted by Crippen LogP contribution is -2.24. The van der Waals surface area contributed by atoms with E-state index < -0.39 is 0 Å². The Balaban J connectivity index is 1.72. The third-order valence-electron chi connectivity index (χ3n) is 5.83. The monoisotopic (exact) mass is 432 g/mol. The molecule has 1 N–H and O–H groups in total. The van der Waals surface area contributed by atoms with Crippen molar-refractivity contribution < 1.29 is 9.90 Å². The number of hydrogen-bond acceptors (Lipinski definition) is 5. The quantitative estimate of drug-likeness (QED) is 0.482. The predicted octanol–water partition coefficient (Wildman–Crippen LogP) is 5.19. The van der Waals surface area contributed by atoms with E-state index in [9.17, 15) is 9.90 Å². The number of carbonyl (C=O) groups is 1. The minimum absolute atomic E-state index is 0.0881. The molecule has 0 fully saturated rings. The van der Waals surface area contributed by atoms with Crippen LogP contribution < -0.4 is 0 Å². The Morgan fingerprint density at radius 2 is 1.90 bits per heavy atom.